The number of hydrogen-bond donors (Lipinski definition) is 2. The Labute approximate surface area is 141 Å². The number of amides is 1. The minimum atomic E-state index is -0.212. The van der Waals surface area contributed by atoms with Crippen LogP contribution >= 0.6 is 0 Å². The van der Waals surface area contributed by atoms with Crippen molar-refractivity contribution < 1.29 is 9.53 Å². The highest BCUT2D eigenvalue weighted by Crippen LogP contribution is 2.26. The summed E-state index contributed by atoms with van der Waals surface area (Å²) in [6.45, 7) is 2.77. The summed E-state index contributed by atoms with van der Waals surface area (Å²) in [5.41, 5.74) is 6.31. The number of methoxy groups -OCH3 is 1. The molecule has 7 nitrogen and oxygen atoms in total. The molecule has 128 valence electrons. The van der Waals surface area contributed by atoms with Gasteiger partial charge in [0.2, 0.25) is 11.9 Å². The van der Waals surface area contributed by atoms with E-state index in [1.807, 2.05) is 24.3 Å². The fraction of sp³-hybridized carbons (Fsp3) is 0.471. The number of carbonyl (C=O) groups excluding carboxylic acids is 1. The fourth-order valence-corrected chi connectivity index (χ4v) is 2.98. The molecular weight excluding hydrogens is 306 g/mol. The molecule has 2 aromatic rings. The molecule has 1 aliphatic heterocycles. The van der Waals surface area contributed by atoms with Crippen molar-refractivity contribution in [1.82, 2.24) is 9.97 Å². The van der Waals surface area contributed by atoms with Crippen molar-refractivity contribution in [3.8, 4) is 0 Å². The maximum Gasteiger partial charge on any atom is 0.227 e. The summed E-state index contributed by atoms with van der Waals surface area (Å²) in [5, 5.41) is 4.31. The largest absolute Gasteiger partial charge is 0.383 e. The van der Waals surface area contributed by atoms with Gasteiger partial charge in [-0.1, -0.05) is 12.1 Å². The zero-order valence-electron chi connectivity index (χ0n) is 13.9. The van der Waals surface area contributed by atoms with Crippen LogP contribution in [0, 0.1) is 5.92 Å². The first-order valence-corrected chi connectivity index (χ1v) is 8.23. The first-order valence-electron chi connectivity index (χ1n) is 8.23. The second-order valence-electron chi connectivity index (χ2n) is 5.97. The van der Waals surface area contributed by atoms with Crippen LogP contribution in [0.1, 0.15) is 12.8 Å². The Morgan fingerprint density at radius 3 is 2.79 bits per heavy atom. The van der Waals surface area contributed by atoms with Crippen molar-refractivity contribution in [3.05, 3.63) is 24.3 Å². The van der Waals surface area contributed by atoms with Crippen LogP contribution in [0.2, 0.25) is 0 Å². The molecule has 0 aliphatic carbocycles. The Hall–Kier alpha value is -2.41. The molecule has 1 aromatic heterocycles. The maximum atomic E-state index is 11.3. The topological polar surface area (TPSA) is 93.4 Å². The van der Waals surface area contributed by atoms with Crippen molar-refractivity contribution in [1.29, 1.82) is 0 Å². The minimum Gasteiger partial charge on any atom is -0.383 e. The van der Waals surface area contributed by atoms with E-state index < -0.39 is 0 Å². The van der Waals surface area contributed by atoms with Gasteiger partial charge in [0, 0.05) is 38.0 Å². The standard InChI is InChI=1S/C17H23N5O2/c1-24-11-8-19-16-13-4-2-3-5-14(13)20-17(21-16)22-9-6-12(7-10-22)15(18)23/h2-5,12H,6-11H2,1H3,(H2,18,23)(H,19,20,21). The predicted molar refractivity (Wildman–Crippen MR) is 94.0 cm³/mol. The average Bonchev–Trinajstić information content (AvgIpc) is 2.62. The second kappa shape index (κ2) is 7.44. The highest BCUT2D eigenvalue weighted by molar-refractivity contribution is 5.90. The molecule has 0 spiro atoms. The summed E-state index contributed by atoms with van der Waals surface area (Å²) in [6, 6.07) is 7.94. The van der Waals surface area contributed by atoms with Gasteiger partial charge in [-0.3, -0.25) is 4.79 Å². The first-order chi connectivity index (χ1) is 11.7. The molecule has 2 heterocycles. The van der Waals surface area contributed by atoms with Gasteiger partial charge in [-0.05, 0) is 25.0 Å². The first kappa shape index (κ1) is 16.4. The lowest BCUT2D eigenvalue weighted by Gasteiger charge is -2.30. The van der Waals surface area contributed by atoms with Crippen LogP contribution in [-0.2, 0) is 9.53 Å². The number of primary amides is 1. The highest BCUT2D eigenvalue weighted by Gasteiger charge is 2.25. The van der Waals surface area contributed by atoms with Gasteiger partial charge in [-0.25, -0.2) is 4.98 Å². The zero-order valence-corrected chi connectivity index (χ0v) is 13.9. The Kier molecular flexibility index (Phi) is 5.10. The number of ether oxygens (including phenoxy) is 1. The number of nitrogens with zero attached hydrogens (tertiary/aromatic N) is 3. The molecule has 1 fully saturated rings. The summed E-state index contributed by atoms with van der Waals surface area (Å²) in [7, 11) is 1.67. The van der Waals surface area contributed by atoms with Crippen LogP contribution in [0.5, 0.6) is 0 Å². The average molecular weight is 329 g/mol. The van der Waals surface area contributed by atoms with Crippen LogP contribution in [-0.4, -0.2) is 49.2 Å². The second-order valence-corrected chi connectivity index (χ2v) is 5.97. The molecule has 3 N–H and O–H groups in total. The summed E-state index contributed by atoms with van der Waals surface area (Å²) in [4.78, 5) is 22.8. The number of nitrogens with two attached hydrogens (primary N) is 1. The van der Waals surface area contributed by atoms with Crippen LogP contribution in [0.4, 0.5) is 11.8 Å². The quantitative estimate of drug-likeness (QED) is 0.778. The maximum absolute atomic E-state index is 11.3. The number of para-hydroxylation sites is 1. The van der Waals surface area contributed by atoms with Crippen molar-refractivity contribution in [2.75, 3.05) is 43.6 Å². The van der Waals surface area contributed by atoms with E-state index in [0.29, 0.717) is 19.1 Å². The van der Waals surface area contributed by atoms with E-state index in [4.69, 9.17) is 15.5 Å². The Balaban J connectivity index is 1.84. The third-order valence-corrected chi connectivity index (χ3v) is 4.37. The van der Waals surface area contributed by atoms with E-state index in [-0.39, 0.29) is 11.8 Å². The van der Waals surface area contributed by atoms with Gasteiger partial charge < -0.3 is 20.7 Å². The van der Waals surface area contributed by atoms with Gasteiger partial charge in [-0.2, -0.15) is 4.98 Å². The third kappa shape index (κ3) is 3.56. The van der Waals surface area contributed by atoms with Gasteiger partial charge in [0.1, 0.15) is 5.82 Å². The predicted octanol–water partition coefficient (Wildman–Crippen LogP) is 1.39. The van der Waals surface area contributed by atoms with Crippen molar-refractivity contribution in [2.45, 2.75) is 12.8 Å². The van der Waals surface area contributed by atoms with Crippen molar-refractivity contribution >= 4 is 28.6 Å². The molecule has 7 heteroatoms. The number of rotatable bonds is 6. The monoisotopic (exact) mass is 329 g/mol. The molecule has 24 heavy (non-hydrogen) atoms. The number of aromatic nitrogens is 2. The Morgan fingerprint density at radius 2 is 2.08 bits per heavy atom. The zero-order chi connectivity index (χ0) is 16.9. The van der Waals surface area contributed by atoms with E-state index in [1.165, 1.54) is 0 Å². The van der Waals surface area contributed by atoms with E-state index in [0.717, 1.165) is 42.7 Å². The van der Waals surface area contributed by atoms with Crippen molar-refractivity contribution in [2.24, 2.45) is 11.7 Å². The smallest absolute Gasteiger partial charge is 0.227 e. The van der Waals surface area contributed by atoms with Crippen LogP contribution in [0.25, 0.3) is 10.9 Å². The number of hydrogen-bond acceptors (Lipinski definition) is 6. The number of fused-ring (bicyclic) bond motifs is 1. The van der Waals surface area contributed by atoms with Gasteiger partial charge in [0.05, 0.1) is 12.1 Å². The number of nitrogens with one attached hydrogen (secondary N) is 1. The fourth-order valence-electron chi connectivity index (χ4n) is 2.98. The van der Waals surface area contributed by atoms with E-state index in [1.54, 1.807) is 7.11 Å². The normalized spacial score (nSPS) is 15.6. The lowest BCUT2D eigenvalue weighted by molar-refractivity contribution is -0.122. The third-order valence-electron chi connectivity index (χ3n) is 4.37. The molecular formula is C17H23N5O2. The van der Waals surface area contributed by atoms with Crippen LogP contribution < -0.4 is 16.0 Å². The molecule has 0 unspecified atom stereocenters. The molecule has 0 bridgehead atoms. The number of benzene rings is 1. The summed E-state index contributed by atoms with van der Waals surface area (Å²) in [5.74, 6) is 1.25. The summed E-state index contributed by atoms with van der Waals surface area (Å²) >= 11 is 0. The van der Waals surface area contributed by atoms with E-state index in [9.17, 15) is 4.79 Å². The van der Waals surface area contributed by atoms with Crippen LogP contribution in [0.3, 0.4) is 0 Å². The van der Waals surface area contributed by atoms with Gasteiger partial charge in [0.15, 0.2) is 0 Å². The number of carbonyl (C=O) groups is 1. The molecule has 0 saturated carbocycles. The molecule has 1 aromatic carbocycles. The molecule has 1 saturated heterocycles. The SMILES string of the molecule is COCCNc1nc(N2CCC(C(N)=O)CC2)nc2ccccc12. The van der Waals surface area contributed by atoms with E-state index >= 15 is 0 Å². The lowest BCUT2D eigenvalue weighted by atomic mass is 9.96. The van der Waals surface area contributed by atoms with E-state index in [2.05, 4.69) is 15.2 Å². The number of piperidine rings is 1. The van der Waals surface area contributed by atoms with Crippen LogP contribution in [0.15, 0.2) is 24.3 Å². The van der Waals surface area contributed by atoms with Crippen molar-refractivity contribution in [3.63, 3.8) is 0 Å². The number of anilines is 2. The molecule has 0 radical (unpaired) electrons. The van der Waals surface area contributed by atoms with Gasteiger partial charge >= 0.3 is 0 Å². The molecule has 1 amide bonds. The minimum absolute atomic E-state index is 0.0407. The summed E-state index contributed by atoms with van der Waals surface area (Å²) in [6.07, 6.45) is 1.50. The highest BCUT2D eigenvalue weighted by atomic mass is 16.5. The molecule has 1 aliphatic rings. The van der Waals surface area contributed by atoms with Gasteiger partial charge in [0.25, 0.3) is 0 Å². The van der Waals surface area contributed by atoms with Gasteiger partial charge in [-0.15, -0.1) is 0 Å². The molecule has 3 rings (SSSR count). The molecule has 0 atom stereocenters. The Bertz CT molecular complexity index is 713. The lowest BCUT2D eigenvalue weighted by Crippen LogP contribution is -2.39. The summed E-state index contributed by atoms with van der Waals surface area (Å²) < 4.78 is 5.10. The Morgan fingerprint density at radius 1 is 1.33 bits per heavy atom.